The van der Waals surface area contributed by atoms with Gasteiger partial charge in [0, 0.05) is 0 Å². The molecule has 5 rings (SSSR count). The van der Waals surface area contributed by atoms with Crippen molar-refractivity contribution in [3.05, 3.63) is 95.1 Å². The maximum atomic E-state index is 9.42. The summed E-state index contributed by atoms with van der Waals surface area (Å²) in [6.07, 6.45) is 4.39. The molecule has 2 nitrogen and oxygen atoms in total. The minimum absolute atomic E-state index is 0.0316. The minimum atomic E-state index is -4.87. The third-order valence-corrected chi connectivity index (χ3v) is 29.8. The molecule has 0 saturated heterocycles. The van der Waals surface area contributed by atoms with E-state index < -0.39 is 15.9 Å². The Morgan fingerprint density at radius 1 is 0.906 bits per heavy atom. The number of halogens is 2. The van der Waals surface area contributed by atoms with Crippen molar-refractivity contribution in [3.8, 4) is 16.9 Å². The van der Waals surface area contributed by atoms with Gasteiger partial charge in [-0.25, -0.2) is 0 Å². The fourth-order valence-electron chi connectivity index (χ4n) is 5.55. The molecule has 2 aliphatic carbocycles. The van der Waals surface area contributed by atoms with Crippen LogP contribution in [0, 0.1) is 0 Å². The second kappa shape index (κ2) is 8.06. The number of hydrogen-bond donors (Lipinski definition) is 1. The summed E-state index contributed by atoms with van der Waals surface area (Å²) in [6, 6.07) is 23.0. The van der Waals surface area contributed by atoms with Crippen molar-refractivity contribution in [1.82, 2.24) is 0 Å². The Morgan fingerprint density at radius 3 is 2.34 bits per heavy atom. The van der Waals surface area contributed by atoms with Crippen LogP contribution in [0.1, 0.15) is 43.4 Å². The average Bonchev–Trinajstić information content (AvgIpc) is 3.38. The zero-order chi connectivity index (χ0) is 22.5. The number of fused-ring (bicyclic) bond motifs is 4. The van der Waals surface area contributed by atoms with Crippen molar-refractivity contribution in [2.75, 3.05) is 13.2 Å². The molecule has 0 fully saturated rings. The topological polar surface area (TPSA) is 29.5 Å². The van der Waals surface area contributed by atoms with Gasteiger partial charge in [0.15, 0.2) is 0 Å². The fraction of sp³-hybridized carbons (Fsp3) is 0.222. The Hall–Kier alpha value is -1.51. The number of aliphatic hydroxyl groups is 1. The van der Waals surface area contributed by atoms with E-state index in [4.69, 9.17) is 21.8 Å². The van der Waals surface area contributed by atoms with Crippen LogP contribution in [-0.4, -0.2) is 21.5 Å². The number of rotatable bonds is 5. The Bertz CT molecular complexity index is 1310. The first kappa shape index (κ1) is 22.3. The molecule has 0 radical (unpaired) electrons. The number of allylic oxidation sites excluding steroid dienone is 1. The normalized spacial score (nSPS) is 18.8. The summed E-state index contributed by atoms with van der Waals surface area (Å²) >= 11 is -4.87. The number of benzene rings is 3. The quantitative estimate of drug-likeness (QED) is 0.371. The standard InChI is InChI=1S/C15H13O2.C9H7.C3H6.2ClH.Zr/c16-8-9-17-15-7-3-6-13-12-5-2-1-4-11(12)10-14(13)15;1-2-5-9-7-3-6-8(9)4-1;1-3-2;;;/h1-7,10,16H,8-9H2;1-7H;1-2H3;2*1H;/q;;;;;+2/p-2. The van der Waals surface area contributed by atoms with Crippen molar-refractivity contribution in [2.24, 2.45) is 0 Å². The second-order valence-electron chi connectivity index (χ2n) is 8.93. The molecule has 0 bridgehead atoms. The molecule has 1 N–H and O–H groups in total. The van der Waals surface area contributed by atoms with Crippen LogP contribution in [0.3, 0.4) is 0 Å². The summed E-state index contributed by atoms with van der Waals surface area (Å²) < 4.78 is 7.00. The Labute approximate surface area is 197 Å². The van der Waals surface area contributed by atoms with Crippen LogP contribution in [0.25, 0.3) is 17.2 Å². The third-order valence-electron chi connectivity index (χ3n) is 7.12. The molecule has 3 aromatic rings. The number of aliphatic hydroxyl groups excluding tert-OH is 1. The third kappa shape index (κ3) is 3.09. The van der Waals surface area contributed by atoms with Crippen LogP contribution in [0.5, 0.6) is 5.75 Å². The van der Waals surface area contributed by atoms with Gasteiger partial charge < -0.3 is 0 Å². The predicted octanol–water partition coefficient (Wildman–Crippen LogP) is 7.11. The Kier molecular flexibility index (Phi) is 5.62. The molecule has 0 saturated carbocycles. The molecular formula is C27H26Cl2O2Zr. The monoisotopic (exact) mass is 542 g/mol. The van der Waals surface area contributed by atoms with Gasteiger partial charge in [0.1, 0.15) is 0 Å². The van der Waals surface area contributed by atoms with Gasteiger partial charge in [0.25, 0.3) is 0 Å². The Morgan fingerprint density at radius 2 is 1.59 bits per heavy atom. The molecule has 0 amide bonds. The van der Waals surface area contributed by atoms with E-state index >= 15 is 0 Å². The molecular weight excluding hydrogens is 518 g/mol. The van der Waals surface area contributed by atoms with Crippen LogP contribution >= 0.6 is 17.0 Å². The van der Waals surface area contributed by atoms with Crippen LogP contribution in [0.15, 0.2) is 72.8 Å². The van der Waals surface area contributed by atoms with Gasteiger partial charge in [0.05, 0.1) is 0 Å². The van der Waals surface area contributed by atoms with Gasteiger partial charge >= 0.3 is 198 Å². The molecule has 32 heavy (non-hydrogen) atoms. The van der Waals surface area contributed by atoms with Crippen LogP contribution in [-0.2, 0) is 15.9 Å². The summed E-state index contributed by atoms with van der Waals surface area (Å²) in [5.74, 6) is 0.760. The van der Waals surface area contributed by atoms with Gasteiger partial charge in [-0.3, -0.25) is 0 Å². The molecule has 3 aromatic carbocycles. The van der Waals surface area contributed by atoms with Crippen molar-refractivity contribution >= 4 is 26.3 Å². The SMILES string of the molecule is C[C](C)=[Zr]([Cl])([Cl])([CH]1C=Cc2ccccc21)[CH]1c2ccccc2-c2cccc(OCCO)c21. The average molecular weight is 545 g/mol. The van der Waals surface area contributed by atoms with E-state index in [0.29, 0.717) is 0 Å². The molecule has 2 aliphatic rings. The molecule has 0 aromatic heterocycles. The number of ether oxygens (including phenoxy) is 1. The predicted molar refractivity (Wildman–Crippen MR) is 133 cm³/mol. The molecule has 2 unspecified atom stereocenters. The second-order valence-corrected chi connectivity index (χ2v) is 30.8. The first-order valence-electron chi connectivity index (χ1n) is 11.0. The Balaban J connectivity index is 1.84. The summed E-state index contributed by atoms with van der Waals surface area (Å²) in [6.45, 7) is 4.41. The van der Waals surface area contributed by atoms with Gasteiger partial charge in [-0.05, 0) is 0 Å². The van der Waals surface area contributed by atoms with Crippen molar-refractivity contribution in [1.29, 1.82) is 0 Å². The van der Waals surface area contributed by atoms with E-state index in [1.54, 1.807) is 0 Å². The van der Waals surface area contributed by atoms with E-state index in [1.165, 1.54) is 22.3 Å². The van der Waals surface area contributed by atoms with E-state index in [9.17, 15) is 5.11 Å². The summed E-state index contributed by atoms with van der Waals surface area (Å²) in [5, 5.41) is 9.42. The molecule has 164 valence electrons. The summed E-state index contributed by atoms with van der Waals surface area (Å²) in [5.41, 5.74) is 6.94. The first-order valence-corrected chi connectivity index (χ1v) is 21.4. The maximum absolute atomic E-state index is 9.42. The van der Waals surface area contributed by atoms with E-state index in [1.807, 2.05) is 12.1 Å². The van der Waals surface area contributed by atoms with Gasteiger partial charge in [-0.15, -0.1) is 0 Å². The molecule has 0 aliphatic heterocycles. The van der Waals surface area contributed by atoms with Crippen LogP contribution < -0.4 is 4.74 Å². The van der Waals surface area contributed by atoms with Crippen molar-refractivity contribution in [3.63, 3.8) is 0 Å². The van der Waals surface area contributed by atoms with E-state index in [0.717, 1.165) is 20.1 Å². The molecule has 0 spiro atoms. The van der Waals surface area contributed by atoms with Gasteiger partial charge in [-0.1, -0.05) is 0 Å². The fourth-order valence-corrected chi connectivity index (χ4v) is 21.5. The van der Waals surface area contributed by atoms with Crippen LogP contribution in [0.2, 0.25) is 0 Å². The van der Waals surface area contributed by atoms with E-state index in [-0.39, 0.29) is 20.5 Å². The number of hydrogen-bond acceptors (Lipinski definition) is 2. The van der Waals surface area contributed by atoms with Crippen molar-refractivity contribution in [2.45, 2.75) is 21.1 Å². The molecule has 0 heterocycles. The molecule has 5 heteroatoms. The summed E-state index contributed by atoms with van der Waals surface area (Å²) in [4.78, 5) is 0. The van der Waals surface area contributed by atoms with Gasteiger partial charge in [0.2, 0.25) is 0 Å². The first-order chi connectivity index (χ1) is 15.4. The zero-order valence-electron chi connectivity index (χ0n) is 18.2. The van der Waals surface area contributed by atoms with Gasteiger partial charge in [-0.2, -0.15) is 0 Å². The summed E-state index contributed by atoms with van der Waals surface area (Å²) in [7, 11) is 16.0. The van der Waals surface area contributed by atoms with Crippen molar-refractivity contribution < 1.29 is 25.8 Å². The molecule has 2 atom stereocenters. The zero-order valence-corrected chi connectivity index (χ0v) is 22.2. The van der Waals surface area contributed by atoms with E-state index in [2.05, 4.69) is 80.6 Å². The van der Waals surface area contributed by atoms with Crippen LogP contribution in [0.4, 0.5) is 0 Å².